The first-order valence-corrected chi connectivity index (χ1v) is 20.9. The van der Waals surface area contributed by atoms with Gasteiger partial charge in [-0.05, 0) is 85.6 Å². The highest BCUT2D eigenvalue weighted by Crippen LogP contribution is 2.63. The fourth-order valence-corrected chi connectivity index (χ4v) is 10.1. The topological polar surface area (TPSA) is 69.4 Å². The molecule has 6 nitrogen and oxygen atoms in total. The van der Waals surface area contributed by atoms with E-state index in [1.54, 1.807) is 0 Å². The number of rotatable bonds is 5. The molecule has 11 aromatic rings. The summed E-state index contributed by atoms with van der Waals surface area (Å²) >= 11 is 0. The zero-order valence-corrected chi connectivity index (χ0v) is 33.3. The molecule has 0 unspecified atom stereocenters. The molecule has 0 atom stereocenters. The van der Waals surface area contributed by atoms with Crippen molar-refractivity contribution in [3.05, 3.63) is 229 Å². The standard InChI is InChI=1S/C56H34N6/c1-3-14-36(15-4-1)53-58-54(37-16-5-2-6-17-37)60-55(59-53)39-24-27-45-44-26-23-38(33-48(44)56(49(45)34-39)46-21-11-9-19-42(46)43-20-10-12-22-47(43)56)52-51-41-18-8-7-13-35(41)25-28-50(51)62(61-52)40-29-31-57-32-30-40/h1-34H. The Kier molecular flexibility index (Phi) is 7.42. The van der Waals surface area contributed by atoms with Crippen molar-refractivity contribution >= 4 is 21.7 Å². The van der Waals surface area contributed by atoms with Crippen LogP contribution in [0.5, 0.6) is 0 Å². The number of hydrogen-bond acceptors (Lipinski definition) is 5. The molecule has 0 aliphatic heterocycles. The number of fused-ring (bicyclic) bond motifs is 13. The van der Waals surface area contributed by atoms with E-state index >= 15 is 0 Å². The Bertz CT molecular complexity index is 3470. The molecule has 2 aliphatic rings. The van der Waals surface area contributed by atoms with Crippen molar-refractivity contribution in [3.8, 4) is 73.4 Å². The molecule has 2 aliphatic carbocycles. The Balaban J connectivity index is 1.08. The van der Waals surface area contributed by atoms with Gasteiger partial charge in [-0.3, -0.25) is 4.98 Å². The highest BCUT2D eigenvalue weighted by Gasteiger charge is 2.52. The van der Waals surface area contributed by atoms with Gasteiger partial charge in [0.15, 0.2) is 17.5 Å². The van der Waals surface area contributed by atoms with Gasteiger partial charge in [-0.15, -0.1) is 0 Å². The maximum Gasteiger partial charge on any atom is 0.164 e. The van der Waals surface area contributed by atoms with Crippen LogP contribution < -0.4 is 0 Å². The molecule has 0 amide bonds. The van der Waals surface area contributed by atoms with Crippen LogP contribution in [0.4, 0.5) is 0 Å². The monoisotopic (exact) mass is 790 g/mol. The van der Waals surface area contributed by atoms with E-state index in [0.29, 0.717) is 17.5 Å². The molecule has 0 saturated carbocycles. The SMILES string of the molecule is c1ccc(-c2nc(-c3ccccc3)nc(-c3ccc4c(c3)C3(c5ccccc5-c5ccccc53)c3cc(-c5nn(-c6ccncc6)c6ccc7ccccc7c56)ccc3-4)n2)cc1. The molecule has 62 heavy (non-hydrogen) atoms. The van der Waals surface area contributed by atoms with Crippen molar-refractivity contribution < 1.29 is 0 Å². The predicted molar refractivity (Wildman–Crippen MR) is 248 cm³/mol. The van der Waals surface area contributed by atoms with Crippen molar-refractivity contribution in [2.24, 2.45) is 0 Å². The van der Waals surface area contributed by atoms with Gasteiger partial charge in [0.25, 0.3) is 0 Å². The maximum atomic E-state index is 5.44. The van der Waals surface area contributed by atoms with Crippen molar-refractivity contribution in [2.45, 2.75) is 5.41 Å². The quantitative estimate of drug-likeness (QED) is 0.174. The van der Waals surface area contributed by atoms with Crippen LogP contribution in [-0.2, 0) is 5.41 Å². The predicted octanol–water partition coefficient (Wildman–Crippen LogP) is 12.8. The van der Waals surface area contributed by atoms with Gasteiger partial charge in [0, 0.05) is 40.0 Å². The third kappa shape index (κ3) is 4.95. The van der Waals surface area contributed by atoms with E-state index in [9.17, 15) is 0 Å². The normalized spacial score (nSPS) is 13.0. The van der Waals surface area contributed by atoms with Crippen molar-refractivity contribution in [3.63, 3.8) is 0 Å². The molecule has 6 heteroatoms. The summed E-state index contributed by atoms with van der Waals surface area (Å²) in [7, 11) is 0. The molecule has 288 valence electrons. The van der Waals surface area contributed by atoms with Gasteiger partial charge in [0.1, 0.15) is 5.69 Å². The van der Waals surface area contributed by atoms with Crippen molar-refractivity contribution in [2.75, 3.05) is 0 Å². The van der Waals surface area contributed by atoms with Gasteiger partial charge < -0.3 is 0 Å². The van der Waals surface area contributed by atoms with E-state index in [1.165, 1.54) is 55.3 Å². The van der Waals surface area contributed by atoms with E-state index in [4.69, 9.17) is 20.1 Å². The third-order valence-corrected chi connectivity index (χ3v) is 12.8. The highest BCUT2D eigenvalue weighted by molar-refractivity contribution is 6.13. The summed E-state index contributed by atoms with van der Waals surface area (Å²) in [5.41, 5.74) is 16.1. The lowest BCUT2D eigenvalue weighted by molar-refractivity contribution is 0.794. The summed E-state index contributed by atoms with van der Waals surface area (Å²) in [6, 6.07) is 69.0. The number of hydrogen-bond donors (Lipinski definition) is 0. The van der Waals surface area contributed by atoms with Crippen molar-refractivity contribution in [1.82, 2.24) is 29.7 Å². The van der Waals surface area contributed by atoms with Crippen molar-refractivity contribution in [1.29, 1.82) is 0 Å². The van der Waals surface area contributed by atoms with Crippen LogP contribution >= 0.6 is 0 Å². The second kappa shape index (κ2) is 13.3. The fraction of sp³-hybridized carbons (Fsp3) is 0.0179. The second-order valence-electron chi connectivity index (χ2n) is 16.0. The van der Waals surface area contributed by atoms with Crippen LogP contribution in [0.25, 0.3) is 95.0 Å². The summed E-state index contributed by atoms with van der Waals surface area (Å²) in [6.07, 6.45) is 3.65. The Morgan fingerprint density at radius 2 is 0.903 bits per heavy atom. The lowest BCUT2D eigenvalue weighted by Crippen LogP contribution is -2.26. The number of nitrogens with zero attached hydrogens (tertiary/aromatic N) is 6. The van der Waals surface area contributed by atoms with Gasteiger partial charge in [-0.25, -0.2) is 19.6 Å². The Hall–Kier alpha value is -8.35. The van der Waals surface area contributed by atoms with Crippen LogP contribution in [0.3, 0.4) is 0 Å². The fourth-order valence-electron chi connectivity index (χ4n) is 10.1. The Morgan fingerprint density at radius 3 is 1.55 bits per heavy atom. The van der Waals surface area contributed by atoms with Crippen LogP contribution in [0.15, 0.2) is 207 Å². The molecule has 0 bridgehead atoms. The van der Waals surface area contributed by atoms with E-state index in [2.05, 4.69) is 155 Å². The van der Waals surface area contributed by atoms with E-state index in [1.807, 2.05) is 60.9 Å². The maximum absolute atomic E-state index is 5.44. The molecule has 8 aromatic carbocycles. The molecule has 0 saturated heterocycles. The third-order valence-electron chi connectivity index (χ3n) is 12.8. The minimum atomic E-state index is -0.618. The number of benzene rings is 8. The summed E-state index contributed by atoms with van der Waals surface area (Å²) in [6.45, 7) is 0. The molecule has 0 N–H and O–H groups in total. The van der Waals surface area contributed by atoms with Gasteiger partial charge in [-0.2, -0.15) is 5.10 Å². The minimum absolute atomic E-state index is 0.618. The Morgan fingerprint density at radius 1 is 0.387 bits per heavy atom. The molecule has 1 spiro atoms. The van der Waals surface area contributed by atoms with Gasteiger partial charge in [0.05, 0.1) is 16.6 Å². The summed E-state index contributed by atoms with van der Waals surface area (Å²) in [5, 5.41) is 8.91. The van der Waals surface area contributed by atoms with Gasteiger partial charge in [-0.1, -0.05) is 164 Å². The lowest BCUT2D eigenvalue weighted by Gasteiger charge is -2.31. The molecule has 0 radical (unpaired) electrons. The minimum Gasteiger partial charge on any atom is -0.265 e. The lowest BCUT2D eigenvalue weighted by atomic mass is 9.70. The molecule has 0 fully saturated rings. The first-order valence-electron chi connectivity index (χ1n) is 20.9. The highest BCUT2D eigenvalue weighted by atomic mass is 15.3. The van der Waals surface area contributed by atoms with E-state index in [-0.39, 0.29) is 0 Å². The first-order chi connectivity index (χ1) is 30.7. The number of pyridine rings is 1. The van der Waals surface area contributed by atoms with Crippen LogP contribution in [-0.4, -0.2) is 29.7 Å². The zero-order valence-electron chi connectivity index (χ0n) is 33.3. The van der Waals surface area contributed by atoms with E-state index in [0.717, 1.165) is 44.5 Å². The average molecular weight is 791 g/mol. The molecular formula is C56H34N6. The molecule has 13 rings (SSSR count). The summed E-state index contributed by atoms with van der Waals surface area (Å²) in [5.74, 6) is 1.91. The first kappa shape index (κ1) is 34.5. The van der Waals surface area contributed by atoms with E-state index < -0.39 is 5.41 Å². The summed E-state index contributed by atoms with van der Waals surface area (Å²) < 4.78 is 2.06. The zero-order chi connectivity index (χ0) is 40.8. The smallest absolute Gasteiger partial charge is 0.164 e. The van der Waals surface area contributed by atoms with Crippen LogP contribution in [0.1, 0.15) is 22.3 Å². The molecular weight excluding hydrogens is 757 g/mol. The molecule has 3 heterocycles. The van der Waals surface area contributed by atoms with Crippen LogP contribution in [0.2, 0.25) is 0 Å². The average Bonchev–Trinajstić information content (AvgIpc) is 3.99. The van der Waals surface area contributed by atoms with Gasteiger partial charge in [0.2, 0.25) is 0 Å². The number of aromatic nitrogens is 6. The largest absolute Gasteiger partial charge is 0.265 e. The summed E-state index contributed by atoms with van der Waals surface area (Å²) in [4.78, 5) is 19.7. The Labute approximate surface area is 357 Å². The van der Waals surface area contributed by atoms with Crippen LogP contribution in [0, 0.1) is 0 Å². The molecule has 3 aromatic heterocycles. The van der Waals surface area contributed by atoms with Gasteiger partial charge >= 0.3 is 0 Å². The second-order valence-corrected chi connectivity index (χ2v) is 16.0.